The van der Waals surface area contributed by atoms with Gasteiger partial charge in [-0.3, -0.25) is 0 Å². The fraction of sp³-hybridized carbons (Fsp3) is 0.278. The van der Waals surface area contributed by atoms with E-state index in [2.05, 4.69) is 49.4 Å². The van der Waals surface area contributed by atoms with E-state index in [4.69, 9.17) is 4.74 Å². The summed E-state index contributed by atoms with van der Waals surface area (Å²) in [5.74, 6) is 0.150. The van der Waals surface area contributed by atoms with Crippen molar-refractivity contribution in [3.05, 3.63) is 59.9 Å². The second kappa shape index (κ2) is 6.77. The lowest BCUT2D eigenvalue weighted by atomic mass is 9.92. The third-order valence-corrected chi connectivity index (χ3v) is 3.44. The Morgan fingerprint density at radius 1 is 1.25 bits per heavy atom. The Morgan fingerprint density at radius 3 is 2.75 bits per heavy atom. The number of allylic oxidation sites excluding steroid dienone is 1. The van der Waals surface area contributed by atoms with Gasteiger partial charge in [0.05, 0.1) is 24.5 Å². The van der Waals surface area contributed by atoms with Gasteiger partial charge in [-0.25, -0.2) is 0 Å². The normalized spacial score (nSPS) is 12.9. The topological polar surface area (TPSA) is 33.0 Å². The van der Waals surface area contributed by atoms with Crippen LogP contribution < -0.4 is 0 Å². The highest BCUT2D eigenvalue weighted by atomic mass is 16.5. The van der Waals surface area contributed by atoms with E-state index in [0.29, 0.717) is 12.2 Å². The average molecular weight is 265 g/mol. The largest absolute Gasteiger partial charge is 0.500 e. The third-order valence-electron chi connectivity index (χ3n) is 3.44. The molecule has 2 rings (SSSR count). The van der Waals surface area contributed by atoms with Gasteiger partial charge in [0.2, 0.25) is 0 Å². The molecule has 0 aliphatic rings. The maximum absolute atomic E-state index is 9.22. The number of ether oxygens (including phenoxy) is 1. The second-order valence-corrected chi connectivity index (χ2v) is 4.88. The molecule has 0 N–H and O–H groups in total. The maximum atomic E-state index is 9.22. The zero-order chi connectivity index (χ0) is 14.4. The lowest BCUT2D eigenvalue weighted by Crippen LogP contribution is -2.04. The number of benzene rings is 2. The average Bonchev–Trinajstić information content (AvgIpc) is 2.48. The Bertz CT molecular complexity index is 647. The molecule has 1 atom stereocenters. The monoisotopic (exact) mass is 265 g/mol. The second-order valence-electron chi connectivity index (χ2n) is 4.88. The van der Waals surface area contributed by atoms with Crippen molar-refractivity contribution in [3.8, 4) is 6.07 Å². The molecule has 0 aliphatic heterocycles. The van der Waals surface area contributed by atoms with Gasteiger partial charge in [0, 0.05) is 0 Å². The SMILES string of the molecule is CCOC=C(C#N)C(C)Cc1cccc2ccccc12. The van der Waals surface area contributed by atoms with E-state index in [9.17, 15) is 5.26 Å². The summed E-state index contributed by atoms with van der Waals surface area (Å²) in [6.45, 7) is 4.57. The summed E-state index contributed by atoms with van der Waals surface area (Å²) in [5, 5.41) is 11.7. The van der Waals surface area contributed by atoms with Crippen molar-refractivity contribution in [3.63, 3.8) is 0 Å². The summed E-state index contributed by atoms with van der Waals surface area (Å²) in [7, 11) is 0. The Balaban J connectivity index is 2.26. The van der Waals surface area contributed by atoms with E-state index in [1.807, 2.05) is 13.0 Å². The molecule has 1 unspecified atom stereocenters. The van der Waals surface area contributed by atoms with Gasteiger partial charge >= 0.3 is 0 Å². The molecule has 0 saturated heterocycles. The van der Waals surface area contributed by atoms with Gasteiger partial charge in [0.1, 0.15) is 0 Å². The Kier molecular flexibility index (Phi) is 4.79. The molecule has 2 aromatic rings. The zero-order valence-corrected chi connectivity index (χ0v) is 12.0. The highest BCUT2D eigenvalue weighted by molar-refractivity contribution is 5.85. The molecule has 0 spiro atoms. The minimum absolute atomic E-state index is 0.150. The summed E-state index contributed by atoms with van der Waals surface area (Å²) < 4.78 is 5.25. The number of nitrogens with zero attached hydrogens (tertiary/aromatic N) is 1. The summed E-state index contributed by atoms with van der Waals surface area (Å²) in [6, 6.07) is 16.9. The van der Waals surface area contributed by atoms with Crippen LogP contribution in [0, 0.1) is 17.2 Å². The summed E-state index contributed by atoms with van der Waals surface area (Å²) in [5.41, 5.74) is 1.97. The lowest BCUT2D eigenvalue weighted by Gasteiger charge is -2.12. The van der Waals surface area contributed by atoms with Crippen LogP contribution in [0.1, 0.15) is 19.4 Å². The van der Waals surface area contributed by atoms with Gasteiger partial charge in [-0.2, -0.15) is 5.26 Å². The molecule has 2 heteroatoms. The molecule has 0 saturated carbocycles. The number of fused-ring (bicyclic) bond motifs is 1. The highest BCUT2D eigenvalue weighted by Gasteiger charge is 2.11. The fourth-order valence-corrected chi connectivity index (χ4v) is 2.34. The Labute approximate surface area is 120 Å². The van der Waals surface area contributed by atoms with E-state index >= 15 is 0 Å². The molecule has 2 nitrogen and oxygen atoms in total. The van der Waals surface area contributed by atoms with Crippen molar-refractivity contribution in [1.29, 1.82) is 5.26 Å². The van der Waals surface area contributed by atoms with E-state index in [1.165, 1.54) is 16.3 Å². The van der Waals surface area contributed by atoms with Crippen molar-refractivity contribution in [2.75, 3.05) is 6.61 Å². The molecule has 0 amide bonds. The lowest BCUT2D eigenvalue weighted by molar-refractivity contribution is 0.264. The van der Waals surface area contributed by atoms with Crippen LogP contribution in [-0.2, 0) is 11.2 Å². The van der Waals surface area contributed by atoms with Gasteiger partial charge in [-0.15, -0.1) is 0 Å². The number of rotatable bonds is 5. The zero-order valence-electron chi connectivity index (χ0n) is 12.0. The number of nitriles is 1. The molecule has 0 fully saturated rings. The number of hydrogen-bond donors (Lipinski definition) is 0. The fourth-order valence-electron chi connectivity index (χ4n) is 2.34. The quantitative estimate of drug-likeness (QED) is 0.590. The van der Waals surface area contributed by atoms with Crippen LogP contribution >= 0.6 is 0 Å². The van der Waals surface area contributed by atoms with E-state index in [-0.39, 0.29) is 5.92 Å². The molecule has 0 bridgehead atoms. The Morgan fingerprint density at radius 2 is 2.00 bits per heavy atom. The molecule has 102 valence electrons. The minimum atomic E-state index is 0.150. The van der Waals surface area contributed by atoms with E-state index in [1.54, 1.807) is 6.26 Å². The van der Waals surface area contributed by atoms with Crippen molar-refractivity contribution in [2.45, 2.75) is 20.3 Å². The van der Waals surface area contributed by atoms with Gasteiger partial charge < -0.3 is 4.74 Å². The molecule has 0 aliphatic carbocycles. The van der Waals surface area contributed by atoms with Crippen molar-refractivity contribution >= 4 is 10.8 Å². The molecule has 0 radical (unpaired) electrons. The highest BCUT2D eigenvalue weighted by Crippen LogP contribution is 2.23. The predicted octanol–water partition coefficient (Wildman–Crippen LogP) is 4.46. The van der Waals surface area contributed by atoms with Crippen molar-refractivity contribution in [2.24, 2.45) is 5.92 Å². The van der Waals surface area contributed by atoms with Crippen LogP contribution in [0.15, 0.2) is 54.3 Å². The van der Waals surface area contributed by atoms with Crippen LogP contribution in [0.3, 0.4) is 0 Å². The molecular weight excluding hydrogens is 246 g/mol. The van der Waals surface area contributed by atoms with Gasteiger partial charge in [-0.05, 0) is 35.6 Å². The third kappa shape index (κ3) is 3.19. The van der Waals surface area contributed by atoms with Gasteiger partial charge in [0.15, 0.2) is 0 Å². The van der Waals surface area contributed by atoms with E-state index < -0.39 is 0 Å². The summed E-state index contributed by atoms with van der Waals surface area (Å²) >= 11 is 0. The maximum Gasteiger partial charge on any atom is 0.0982 e. The minimum Gasteiger partial charge on any atom is -0.500 e. The van der Waals surface area contributed by atoms with Crippen molar-refractivity contribution < 1.29 is 4.74 Å². The van der Waals surface area contributed by atoms with Crippen molar-refractivity contribution in [1.82, 2.24) is 0 Å². The predicted molar refractivity (Wildman–Crippen MR) is 82.1 cm³/mol. The van der Waals surface area contributed by atoms with Crippen LogP contribution in [0.25, 0.3) is 10.8 Å². The van der Waals surface area contributed by atoms with Crippen LogP contribution in [0.5, 0.6) is 0 Å². The smallest absolute Gasteiger partial charge is 0.0982 e. The van der Waals surface area contributed by atoms with Crippen LogP contribution in [-0.4, -0.2) is 6.61 Å². The Hall–Kier alpha value is -2.27. The van der Waals surface area contributed by atoms with Crippen LogP contribution in [0.2, 0.25) is 0 Å². The van der Waals surface area contributed by atoms with Crippen LogP contribution in [0.4, 0.5) is 0 Å². The first kappa shape index (κ1) is 14.1. The first-order valence-corrected chi connectivity index (χ1v) is 6.94. The van der Waals surface area contributed by atoms with E-state index in [0.717, 1.165) is 6.42 Å². The molecular formula is C18H19NO. The van der Waals surface area contributed by atoms with Gasteiger partial charge in [-0.1, -0.05) is 49.4 Å². The molecule has 20 heavy (non-hydrogen) atoms. The first-order valence-electron chi connectivity index (χ1n) is 6.94. The molecule has 2 aromatic carbocycles. The number of hydrogen-bond acceptors (Lipinski definition) is 2. The molecule has 0 heterocycles. The summed E-state index contributed by atoms with van der Waals surface area (Å²) in [6.07, 6.45) is 2.43. The van der Waals surface area contributed by atoms with Gasteiger partial charge in [0.25, 0.3) is 0 Å². The molecule has 0 aromatic heterocycles. The summed E-state index contributed by atoms with van der Waals surface area (Å²) in [4.78, 5) is 0. The first-order chi connectivity index (χ1) is 9.76. The standard InChI is InChI=1S/C18H19NO/c1-3-20-13-17(12-19)14(2)11-16-9-6-8-15-7-4-5-10-18(15)16/h4-10,13-14H,3,11H2,1-2H3.